The lowest BCUT2D eigenvalue weighted by Crippen LogP contribution is -2.18. The fraction of sp³-hybridized carbons (Fsp3) is 0.100. The van der Waals surface area contributed by atoms with Crippen molar-refractivity contribution in [3.8, 4) is 11.1 Å². The molecule has 0 spiro atoms. The lowest BCUT2D eigenvalue weighted by atomic mass is 9.88. The Morgan fingerprint density at radius 1 is 0.818 bits per heavy atom. The van der Waals surface area contributed by atoms with Gasteiger partial charge in [0.2, 0.25) is 0 Å². The van der Waals surface area contributed by atoms with Crippen LogP contribution in [-0.2, 0) is 4.32 Å². The summed E-state index contributed by atoms with van der Waals surface area (Å²) >= 11 is 10.1. The van der Waals surface area contributed by atoms with Gasteiger partial charge < -0.3 is 0 Å². The molecule has 4 rings (SSSR count). The highest BCUT2D eigenvalue weighted by molar-refractivity contribution is 9.10. The van der Waals surface area contributed by atoms with Gasteiger partial charge in [-0.25, -0.2) is 0 Å². The number of aryl methyl sites for hydroxylation is 1. The van der Waals surface area contributed by atoms with E-state index in [4.69, 9.17) is 11.6 Å². The molecule has 1 aliphatic rings. The van der Waals surface area contributed by atoms with Gasteiger partial charge in [0.15, 0.2) is 0 Å². The summed E-state index contributed by atoms with van der Waals surface area (Å²) in [7, 11) is 0. The van der Waals surface area contributed by atoms with Crippen molar-refractivity contribution < 1.29 is 0 Å². The van der Waals surface area contributed by atoms with Crippen LogP contribution in [0.2, 0.25) is 5.02 Å². The molecule has 0 heterocycles. The van der Waals surface area contributed by atoms with E-state index in [2.05, 4.69) is 77.5 Å². The molecule has 3 aromatic rings. The fourth-order valence-electron chi connectivity index (χ4n) is 3.33. The van der Waals surface area contributed by atoms with E-state index in [1.165, 1.54) is 33.4 Å². The maximum Gasteiger partial charge on any atom is 0.102 e. The molecule has 0 aliphatic heterocycles. The number of alkyl halides is 1. The van der Waals surface area contributed by atoms with Crippen LogP contribution in [-0.4, -0.2) is 0 Å². The van der Waals surface area contributed by atoms with Crippen molar-refractivity contribution in [2.24, 2.45) is 0 Å². The van der Waals surface area contributed by atoms with Crippen molar-refractivity contribution in [1.29, 1.82) is 0 Å². The second-order valence-electron chi connectivity index (χ2n) is 5.76. The molecule has 0 saturated carbocycles. The molecule has 0 N–H and O–H groups in total. The molecule has 0 fully saturated rings. The van der Waals surface area contributed by atoms with Crippen molar-refractivity contribution in [2.75, 3.05) is 0 Å². The molecule has 1 unspecified atom stereocenters. The minimum Gasteiger partial charge on any atom is -0.0843 e. The number of hydrogen-bond donors (Lipinski definition) is 0. The highest BCUT2D eigenvalue weighted by Crippen LogP contribution is 2.56. The Bertz CT molecular complexity index is 867. The van der Waals surface area contributed by atoms with Gasteiger partial charge in [0.1, 0.15) is 4.32 Å². The van der Waals surface area contributed by atoms with E-state index in [1.807, 2.05) is 12.1 Å². The lowest BCUT2D eigenvalue weighted by Gasteiger charge is -2.26. The molecule has 0 amide bonds. The number of benzene rings is 3. The highest BCUT2D eigenvalue weighted by atomic mass is 79.9. The summed E-state index contributed by atoms with van der Waals surface area (Å²) in [6.07, 6.45) is 0. The highest BCUT2D eigenvalue weighted by Gasteiger charge is 2.42. The van der Waals surface area contributed by atoms with Crippen LogP contribution in [0.15, 0.2) is 66.7 Å². The summed E-state index contributed by atoms with van der Waals surface area (Å²) < 4.78 is -0.310. The van der Waals surface area contributed by atoms with Gasteiger partial charge in [0, 0.05) is 5.02 Å². The Balaban J connectivity index is 2.07. The van der Waals surface area contributed by atoms with Crippen molar-refractivity contribution >= 4 is 27.5 Å². The average molecular weight is 370 g/mol. The Labute approximate surface area is 143 Å². The maximum atomic E-state index is 6.07. The van der Waals surface area contributed by atoms with Gasteiger partial charge in [-0.05, 0) is 46.9 Å². The SMILES string of the molecule is Cc1ccc2c(c1)C(Br)(c1ccc(Cl)cc1)c1ccccc1-2. The first-order valence-corrected chi connectivity index (χ1v) is 8.44. The fourth-order valence-corrected chi connectivity index (χ4v) is 4.40. The van der Waals surface area contributed by atoms with Gasteiger partial charge in [-0.1, -0.05) is 87.7 Å². The molecular formula is C20H14BrCl. The zero-order valence-corrected chi connectivity index (χ0v) is 14.4. The second-order valence-corrected chi connectivity index (χ2v) is 7.39. The van der Waals surface area contributed by atoms with Crippen molar-refractivity contribution in [1.82, 2.24) is 0 Å². The van der Waals surface area contributed by atoms with E-state index in [-0.39, 0.29) is 4.32 Å². The molecule has 0 bridgehead atoms. The minimum atomic E-state index is -0.310. The quantitative estimate of drug-likeness (QED) is 0.441. The van der Waals surface area contributed by atoms with E-state index >= 15 is 0 Å². The molecule has 0 nitrogen and oxygen atoms in total. The average Bonchev–Trinajstić information content (AvgIpc) is 2.79. The van der Waals surface area contributed by atoms with E-state index in [0.29, 0.717) is 0 Å². The molecule has 1 aliphatic carbocycles. The third-order valence-electron chi connectivity index (χ3n) is 4.38. The van der Waals surface area contributed by atoms with Crippen molar-refractivity contribution in [3.63, 3.8) is 0 Å². The normalized spacial score (nSPS) is 18.9. The van der Waals surface area contributed by atoms with Crippen molar-refractivity contribution in [3.05, 3.63) is 94.0 Å². The first-order chi connectivity index (χ1) is 10.6. The Morgan fingerprint density at radius 3 is 2.27 bits per heavy atom. The Kier molecular flexibility index (Phi) is 3.18. The predicted molar refractivity (Wildman–Crippen MR) is 96.9 cm³/mol. The number of rotatable bonds is 1. The van der Waals surface area contributed by atoms with Crippen LogP contribution in [0.3, 0.4) is 0 Å². The summed E-state index contributed by atoms with van der Waals surface area (Å²) in [6.45, 7) is 2.14. The predicted octanol–water partition coefficient (Wildman–Crippen LogP) is 6.32. The monoisotopic (exact) mass is 368 g/mol. The smallest absolute Gasteiger partial charge is 0.0843 e. The van der Waals surface area contributed by atoms with Crippen LogP contribution in [0, 0.1) is 6.92 Å². The van der Waals surface area contributed by atoms with Gasteiger partial charge in [0.25, 0.3) is 0 Å². The molecule has 2 heteroatoms. The summed E-state index contributed by atoms with van der Waals surface area (Å²) in [5, 5.41) is 0.760. The maximum absolute atomic E-state index is 6.07. The molecule has 0 radical (unpaired) electrons. The van der Waals surface area contributed by atoms with E-state index < -0.39 is 0 Å². The van der Waals surface area contributed by atoms with E-state index in [0.717, 1.165) is 5.02 Å². The summed E-state index contributed by atoms with van der Waals surface area (Å²) in [5.74, 6) is 0. The third-order valence-corrected chi connectivity index (χ3v) is 5.94. The van der Waals surface area contributed by atoms with E-state index in [1.54, 1.807) is 0 Å². The van der Waals surface area contributed by atoms with Gasteiger partial charge in [0.05, 0.1) is 0 Å². The first kappa shape index (κ1) is 14.0. The number of fused-ring (bicyclic) bond motifs is 3. The third kappa shape index (κ3) is 1.89. The largest absolute Gasteiger partial charge is 0.102 e. The lowest BCUT2D eigenvalue weighted by molar-refractivity contribution is 0.948. The zero-order valence-electron chi connectivity index (χ0n) is 12.1. The van der Waals surface area contributed by atoms with Gasteiger partial charge >= 0.3 is 0 Å². The standard InChI is InChI=1S/C20H14BrCl/c1-13-6-11-17-16-4-2-3-5-18(16)20(21,19(17)12-13)14-7-9-15(22)10-8-14/h2-12H,1H3. The van der Waals surface area contributed by atoms with Crippen LogP contribution in [0.25, 0.3) is 11.1 Å². The number of hydrogen-bond acceptors (Lipinski definition) is 0. The summed E-state index contributed by atoms with van der Waals surface area (Å²) in [4.78, 5) is 0. The number of halogens is 2. The van der Waals surface area contributed by atoms with Crippen LogP contribution < -0.4 is 0 Å². The van der Waals surface area contributed by atoms with Crippen LogP contribution in [0.1, 0.15) is 22.3 Å². The topological polar surface area (TPSA) is 0 Å². The molecule has 0 aromatic heterocycles. The summed E-state index contributed by atoms with van der Waals surface area (Å²) in [6, 6.07) is 23.4. The second kappa shape index (κ2) is 4.97. The van der Waals surface area contributed by atoms with Gasteiger partial charge in [-0.3, -0.25) is 0 Å². The zero-order chi connectivity index (χ0) is 15.3. The first-order valence-electron chi connectivity index (χ1n) is 7.26. The van der Waals surface area contributed by atoms with Crippen LogP contribution >= 0.6 is 27.5 Å². The molecule has 3 aromatic carbocycles. The molecule has 108 valence electrons. The van der Waals surface area contributed by atoms with E-state index in [9.17, 15) is 0 Å². The molecular weight excluding hydrogens is 356 g/mol. The van der Waals surface area contributed by atoms with Crippen molar-refractivity contribution in [2.45, 2.75) is 11.2 Å². The van der Waals surface area contributed by atoms with Gasteiger partial charge in [-0.2, -0.15) is 0 Å². The molecule has 0 saturated heterocycles. The van der Waals surface area contributed by atoms with Crippen LogP contribution in [0.5, 0.6) is 0 Å². The van der Waals surface area contributed by atoms with Crippen LogP contribution in [0.4, 0.5) is 0 Å². The molecule has 22 heavy (non-hydrogen) atoms. The van der Waals surface area contributed by atoms with Gasteiger partial charge in [-0.15, -0.1) is 0 Å². The molecule has 1 atom stereocenters. The Hall–Kier alpha value is -1.57. The summed E-state index contributed by atoms with van der Waals surface area (Å²) in [5.41, 5.74) is 7.66. The Morgan fingerprint density at radius 2 is 1.50 bits per heavy atom. The minimum absolute atomic E-state index is 0.310.